The van der Waals surface area contributed by atoms with Crippen LogP contribution in [0.25, 0.3) is 0 Å². The van der Waals surface area contributed by atoms with Crippen molar-refractivity contribution in [3.05, 3.63) is 37.9 Å². The number of nitrogens with one attached hydrogen (secondary N) is 1. The summed E-state index contributed by atoms with van der Waals surface area (Å²) in [5, 5.41) is -0.619. The van der Waals surface area contributed by atoms with Crippen LogP contribution in [0.15, 0.2) is 15.7 Å². The Morgan fingerprint density at radius 1 is 1.42 bits per heavy atom. The Labute approximate surface area is 120 Å². The van der Waals surface area contributed by atoms with E-state index in [-0.39, 0.29) is 27.9 Å². The maximum absolute atomic E-state index is 12.3. The summed E-state index contributed by atoms with van der Waals surface area (Å²) in [5.41, 5.74) is 0.473. The van der Waals surface area contributed by atoms with Gasteiger partial charge in [-0.05, 0) is 6.42 Å². The van der Waals surface area contributed by atoms with E-state index in [2.05, 4.69) is 4.98 Å². The van der Waals surface area contributed by atoms with Gasteiger partial charge in [0.2, 0.25) is 0 Å². The molecule has 19 heavy (non-hydrogen) atoms. The molecular weight excluding hydrogens is 289 g/mol. The first-order valence-corrected chi connectivity index (χ1v) is 6.99. The molecule has 0 saturated carbocycles. The van der Waals surface area contributed by atoms with E-state index in [4.69, 9.17) is 27.9 Å². The van der Waals surface area contributed by atoms with Crippen molar-refractivity contribution in [2.24, 2.45) is 0 Å². The minimum absolute atomic E-state index is 0.00602. The number of ether oxygens (including phenoxy) is 1. The molecule has 1 aliphatic carbocycles. The fourth-order valence-electron chi connectivity index (χ4n) is 2.54. The van der Waals surface area contributed by atoms with Crippen LogP contribution in [0.3, 0.4) is 0 Å². The summed E-state index contributed by atoms with van der Waals surface area (Å²) in [5.74, 6) is -0.153. The van der Waals surface area contributed by atoms with Gasteiger partial charge in [-0.1, -0.05) is 6.92 Å². The van der Waals surface area contributed by atoms with Crippen molar-refractivity contribution in [2.45, 2.75) is 36.4 Å². The van der Waals surface area contributed by atoms with E-state index in [9.17, 15) is 9.59 Å². The number of H-pyrrole nitrogens is 1. The molecule has 1 N–H and O–H groups in total. The van der Waals surface area contributed by atoms with Crippen LogP contribution in [0.4, 0.5) is 0 Å². The smallest absolute Gasteiger partial charge is 0.290 e. The van der Waals surface area contributed by atoms with Gasteiger partial charge >= 0.3 is 0 Å². The number of fused-ring (bicyclic) bond motifs is 1. The predicted molar refractivity (Wildman–Crippen MR) is 75.9 cm³/mol. The van der Waals surface area contributed by atoms with Gasteiger partial charge in [-0.3, -0.25) is 9.59 Å². The lowest BCUT2D eigenvalue weighted by molar-refractivity contribution is 0.409. The number of methoxy groups -OCH3 is 1. The van der Waals surface area contributed by atoms with E-state index in [1.165, 1.54) is 13.2 Å². The SMILES string of the molecule is CCC1c2c([nH]c(=O)c(OC)cc2=O)CC(Cl)C1Cl. The van der Waals surface area contributed by atoms with Crippen LogP contribution < -0.4 is 15.7 Å². The zero-order valence-electron chi connectivity index (χ0n) is 10.7. The van der Waals surface area contributed by atoms with Crippen LogP contribution in [0.2, 0.25) is 0 Å². The number of aromatic nitrogens is 1. The first-order valence-electron chi connectivity index (χ1n) is 6.12. The van der Waals surface area contributed by atoms with Crippen LogP contribution >= 0.6 is 23.2 Å². The molecule has 1 aromatic heterocycles. The highest BCUT2D eigenvalue weighted by Gasteiger charge is 2.35. The maximum atomic E-state index is 12.3. The molecule has 1 aromatic rings. The molecule has 3 atom stereocenters. The molecule has 0 aliphatic heterocycles. The van der Waals surface area contributed by atoms with E-state index in [0.29, 0.717) is 24.1 Å². The van der Waals surface area contributed by atoms with Crippen LogP contribution in [-0.2, 0) is 6.42 Å². The van der Waals surface area contributed by atoms with E-state index in [1.54, 1.807) is 0 Å². The quantitative estimate of drug-likeness (QED) is 0.850. The molecule has 0 bridgehead atoms. The molecule has 2 rings (SSSR count). The Bertz CT molecular complexity index is 599. The van der Waals surface area contributed by atoms with Crippen molar-refractivity contribution in [1.82, 2.24) is 4.98 Å². The van der Waals surface area contributed by atoms with Crippen molar-refractivity contribution in [3.63, 3.8) is 0 Å². The van der Waals surface area contributed by atoms with Gasteiger partial charge in [0.1, 0.15) is 0 Å². The van der Waals surface area contributed by atoms with Crippen molar-refractivity contribution in [2.75, 3.05) is 7.11 Å². The van der Waals surface area contributed by atoms with Gasteiger partial charge in [-0.2, -0.15) is 0 Å². The molecule has 3 unspecified atom stereocenters. The first kappa shape index (κ1) is 14.4. The Morgan fingerprint density at radius 2 is 2.11 bits per heavy atom. The van der Waals surface area contributed by atoms with Gasteiger partial charge in [0, 0.05) is 29.7 Å². The molecule has 1 heterocycles. The van der Waals surface area contributed by atoms with Crippen molar-refractivity contribution in [1.29, 1.82) is 0 Å². The number of hydrogen-bond donors (Lipinski definition) is 1. The number of halogens is 2. The van der Waals surface area contributed by atoms with Crippen LogP contribution in [-0.4, -0.2) is 22.8 Å². The summed E-state index contributed by atoms with van der Waals surface area (Å²) in [6, 6.07) is 1.22. The van der Waals surface area contributed by atoms with Crippen molar-refractivity contribution < 1.29 is 4.74 Å². The lowest BCUT2D eigenvalue weighted by Gasteiger charge is -2.30. The molecule has 0 aromatic carbocycles. The van der Waals surface area contributed by atoms with E-state index >= 15 is 0 Å². The van der Waals surface area contributed by atoms with E-state index in [1.807, 2.05) is 6.92 Å². The third-order valence-corrected chi connectivity index (χ3v) is 4.66. The van der Waals surface area contributed by atoms with Crippen LogP contribution in [0, 0.1) is 0 Å². The topological polar surface area (TPSA) is 59.2 Å². The largest absolute Gasteiger partial charge is 0.491 e. The second kappa shape index (κ2) is 5.55. The van der Waals surface area contributed by atoms with Crippen molar-refractivity contribution in [3.8, 4) is 5.75 Å². The van der Waals surface area contributed by atoms with Gasteiger partial charge in [0.25, 0.3) is 5.56 Å². The minimum atomic E-state index is -0.424. The predicted octanol–water partition coefficient (Wildman–Crippen LogP) is 2.01. The average molecular weight is 304 g/mol. The zero-order chi connectivity index (χ0) is 14.2. The Kier molecular flexibility index (Phi) is 4.21. The Balaban J connectivity index is 2.76. The monoisotopic (exact) mass is 303 g/mol. The molecule has 104 valence electrons. The average Bonchev–Trinajstić information content (AvgIpc) is 2.49. The highest BCUT2D eigenvalue weighted by atomic mass is 35.5. The lowest BCUT2D eigenvalue weighted by Crippen LogP contribution is -2.34. The second-order valence-corrected chi connectivity index (χ2v) is 5.67. The van der Waals surface area contributed by atoms with E-state index in [0.717, 1.165) is 0 Å². The van der Waals surface area contributed by atoms with Crippen LogP contribution in [0.5, 0.6) is 5.75 Å². The molecule has 1 aliphatic rings. The molecule has 4 nitrogen and oxygen atoms in total. The van der Waals surface area contributed by atoms with E-state index < -0.39 is 5.56 Å². The second-order valence-electron chi connectivity index (χ2n) is 4.60. The normalized spacial score (nSPS) is 25.8. The summed E-state index contributed by atoms with van der Waals surface area (Å²) in [6.45, 7) is 1.94. The van der Waals surface area contributed by atoms with Gasteiger partial charge in [0.15, 0.2) is 11.2 Å². The van der Waals surface area contributed by atoms with Crippen LogP contribution in [0.1, 0.15) is 30.5 Å². The van der Waals surface area contributed by atoms with Gasteiger partial charge in [0.05, 0.1) is 17.9 Å². The first-order chi connectivity index (χ1) is 8.99. The summed E-state index contributed by atoms with van der Waals surface area (Å²) in [6.07, 6.45) is 1.07. The third kappa shape index (κ3) is 2.51. The fraction of sp³-hybridized carbons (Fsp3) is 0.538. The molecule has 0 amide bonds. The van der Waals surface area contributed by atoms with Gasteiger partial charge < -0.3 is 9.72 Å². The molecule has 0 spiro atoms. The minimum Gasteiger partial charge on any atom is -0.491 e. The summed E-state index contributed by atoms with van der Waals surface area (Å²) >= 11 is 12.5. The number of alkyl halides is 2. The fourth-order valence-corrected chi connectivity index (χ4v) is 3.27. The maximum Gasteiger partial charge on any atom is 0.290 e. The molecular formula is C13H15Cl2NO3. The third-order valence-electron chi connectivity index (χ3n) is 3.50. The molecule has 0 radical (unpaired) electrons. The van der Waals surface area contributed by atoms with Gasteiger partial charge in [-0.25, -0.2) is 0 Å². The summed E-state index contributed by atoms with van der Waals surface area (Å²) in [4.78, 5) is 26.8. The highest BCUT2D eigenvalue weighted by molar-refractivity contribution is 6.30. The summed E-state index contributed by atoms with van der Waals surface area (Å²) < 4.78 is 4.92. The molecule has 0 saturated heterocycles. The Morgan fingerprint density at radius 3 is 2.68 bits per heavy atom. The number of hydrogen-bond acceptors (Lipinski definition) is 3. The molecule has 0 fully saturated rings. The zero-order valence-corrected chi connectivity index (χ0v) is 12.2. The Hall–Kier alpha value is -1.000. The lowest BCUT2D eigenvalue weighted by atomic mass is 9.83. The van der Waals surface area contributed by atoms with Crippen molar-refractivity contribution >= 4 is 23.2 Å². The van der Waals surface area contributed by atoms with Gasteiger partial charge in [-0.15, -0.1) is 23.2 Å². The number of aromatic amines is 1. The standard InChI is InChI=1S/C13H15Cl2NO3/c1-3-6-11-8(4-7(14)12(6)15)16-13(18)10(19-2)5-9(11)17/h5-7,12H,3-4H2,1-2H3,(H,16,18). The molecule has 6 heteroatoms. The number of rotatable bonds is 2. The summed E-state index contributed by atoms with van der Waals surface area (Å²) in [7, 11) is 1.36. The highest BCUT2D eigenvalue weighted by Crippen LogP contribution is 2.36.